The van der Waals surface area contributed by atoms with Crippen molar-refractivity contribution in [2.75, 3.05) is 0 Å². The van der Waals surface area contributed by atoms with Gasteiger partial charge in [0.25, 0.3) is 0 Å². The second kappa shape index (κ2) is 5.46. The minimum atomic E-state index is -0.337. The first-order valence-corrected chi connectivity index (χ1v) is 7.05. The molecular formula is C15H15ClFN3. The summed E-state index contributed by atoms with van der Waals surface area (Å²) in [5, 5.41) is 0.406. The van der Waals surface area contributed by atoms with Crippen molar-refractivity contribution in [2.45, 2.75) is 31.7 Å². The fourth-order valence-corrected chi connectivity index (χ4v) is 2.78. The zero-order valence-electron chi connectivity index (χ0n) is 10.9. The van der Waals surface area contributed by atoms with Gasteiger partial charge in [-0.1, -0.05) is 17.7 Å². The van der Waals surface area contributed by atoms with Crippen LogP contribution in [0.3, 0.4) is 0 Å². The van der Waals surface area contributed by atoms with Crippen LogP contribution in [0.5, 0.6) is 0 Å². The van der Waals surface area contributed by atoms with Crippen molar-refractivity contribution in [3.8, 4) is 0 Å². The van der Waals surface area contributed by atoms with Gasteiger partial charge in [0.2, 0.25) is 0 Å². The summed E-state index contributed by atoms with van der Waals surface area (Å²) < 4.78 is 13.0. The highest BCUT2D eigenvalue weighted by Gasteiger charge is 2.19. The lowest BCUT2D eigenvalue weighted by Gasteiger charge is -2.21. The molecule has 0 amide bonds. The summed E-state index contributed by atoms with van der Waals surface area (Å²) in [5.41, 5.74) is 8.95. The van der Waals surface area contributed by atoms with Crippen LogP contribution in [0.4, 0.5) is 4.39 Å². The van der Waals surface area contributed by atoms with Gasteiger partial charge in [-0.3, -0.25) is 0 Å². The van der Waals surface area contributed by atoms with Gasteiger partial charge in [-0.15, -0.1) is 0 Å². The van der Waals surface area contributed by atoms with Crippen LogP contribution in [0.25, 0.3) is 0 Å². The summed E-state index contributed by atoms with van der Waals surface area (Å²) in [4.78, 5) is 8.94. The predicted molar refractivity (Wildman–Crippen MR) is 76.1 cm³/mol. The molecule has 1 aliphatic rings. The van der Waals surface area contributed by atoms with Crippen molar-refractivity contribution < 1.29 is 4.39 Å². The van der Waals surface area contributed by atoms with E-state index < -0.39 is 0 Å². The van der Waals surface area contributed by atoms with Crippen molar-refractivity contribution in [1.29, 1.82) is 0 Å². The second-order valence-electron chi connectivity index (χ2n) is 5.10. The van der Waals surface area contributed by atoms with Crippen molar-refractivity contribution in [1.82, 2.24) is 9.97 Å². The Kier molecular flexibility index (Phi) is 3.68. The first kappa shape index (κ1) is 13.5. The van der Waals surface area contributed by atoms with E-state index in [1.54, 1.807) is 6.07 Å². The molecule has 5 heteroatoms. The number of hydrogen-bond acceptors (Lipinski definition) is 3. The van der Waals surface area contributed by atoms with Crippen LogP contribution in [0.1, 0.15) is 41.5 Å². The van der Waals surface area contributed by atoms with E-state index in [0.717, 1.165) is 36.1 Å². The third kappa shape index (κ3) is 2.67. The Bertz CT molecular complexity index is 645. The van der Waals surface area contributed by atoms with E-state index in [2.05, 4.69) is 9.97 Å². The average molecular weight is 292 g/mol. The van der Waals surface area contributed by atoms with E-state index in [-0.39, 0.29) is 11.9 Å². The molecule has 1 aromatic heterocycles. The van der Waals surface area contributed by atoms with Gasteiger partial charge in [-0.2, -0.15) is 0 Å². The van der Waals surface area contributed by atoms with Crippen LogP contribution in [0.15, 0.2) is 24.4 Å². The quantitative estimate of drug-likeness (QED) is 0.924. The first-order chi connectivity index (χ1) is 9.63. The maximum Gasteiger partial charge on any atom is 0.132 e. The molecule has 1 unspecified atom stereocenters. The molecule has 2 aromatic rings. The number of fused-ring (bicyclic) bond motifs is 1. The van der Waals surface area contributed by atoms with Crippen molar-refractivity contribution in [2.24, 2.45) is 5.73 Å². The highest BCUT2D eigenvalue weighted by atomic mass is 35.5. The molecule has 0 saturated carbocycles. The predicted octanol–water partition coefficient (Wildman–Crippen LogP) is 3.20. The molecule has 3 nitrogen and oxygen atoms in total. The van der Waals surface area contributed by atoms with Crippen LogP contribution >= 0.6 is 11.6 Å². The second-order valence-corrected chi connectivity index (χ2v) is 5.51. The lowest BCUT2D eigenvalue weighted by Crippen LogP contribution is -2.19. The molecule has 1 heterocycles. The normalized spacial score (nSPS) is 17.9. The van der Waals surface area contributed by atoms with Gasteiger partial charge in [-0.05, 0) is 37.0 Å². The number of halogens is 2. The number of nitrogens with zero attached hydrogens (tertiary/aromatic N) is 2. The van der Waals surface area contributed by atoms with E-state index in [9.17, 15) is 4.39 Å². The van der Waals surface area contributed by atoms with Crippen LogP contribution < -0.4 is 5.73 Å². The Morgan fingerprint density at radius 3 is 3.05 bits per heavy atom. The Morgan fingerprint density at radius 1 is 1.40 bits per heavy atom. The summed E-state index contributed by atoms with van der Waals surface area (Å²) in [6.07, 6.45) is 5.30. The van der Waals surface area contributed by atoms with E-state index in [1.807, 2.05) is 6.20 Å². The minimum absolute atomic E-state index is 0.0437. The van der Waals surface area contributed by atoms with Crippen LogP contribution in [0.2, 0.25) is 5.02 Å². The molecule has 0 fully saturated rings. The molecule has 1 atom stereocenters. The van der Waals surface area contributed by atoms with Gasteiger partial charge in [0.05, 0.1) is 0 Å². The molecule has 0 spiro atoms. The summed E-state index contributed by atoms with van der Waals surface area (Å²) in [5.74, 6) is 0.363. The topological polar surface area (TPSA) is 51.8 Å². The van der Waals surface area contributed by atoms with Crippen molar-refractivity contribution in [3.05, 3.63) is 57.9 Å². The molecule has 2 N–H and O–H groups in total. The molecule has 1 aromatic carbocycles. The molecule has 3 rings (SSSR count). The smallest absolute Gasteiger partial charge is 0.132 e. The molecule has 0 saturated heterocycles. The third-order valence-electron chi connectivity index (χ3n) is 3.64. The summed E-state index contributed by atoms with van der Waals surface area (Å²) >= 11 is 6.03. The fourth-order valence-electron chi connectivity index (χ4n) is 2.54. The zero-order chi connectivity index (χ0) is 14.1. The Morgan fingerprint density at radius 2 is 2.25 bits per heavy atom. The number of rotatable bonds is 2. The third-order valence-corrected chi connectivity index (χ3v) is 3.99. The van der Waals surface area contributed by atoms with E-state index >= 15 is 0 Å². The zero-order valence-corrected chi connectivity index (χ0v) is 11.7. The molecule has 0 aliphatic heterocycles. The standard InChI is InChI=1S/C15H15ClFN3/c16-12-7-10(17)5-4-9(12)6-15-19-8-11-13(18)2-1-3-14(11)20-15/h4-5,7-8,13H,1-3,6,18H2. The highest BCUT2D eigenvalue weighted by molar-refractivity contribution is 6.31. The first-order valence-electron chi connectivity index (χ1n) is 6.67. The molecule has 0 radical (unpaired) electrons. The number of hydrogen-bond donors (Lipinski definition) is 1. The monoisotopic (exact) mass is 291 g/mol. The Hall–Kier alpha value is -1.52. The SMILES string of the molecule is NC1CCCc2nc(Cc3ccc(F)cc3Cl)ncc21. The van der Waals surface area contributed by atoms with E-state index in [4.69, 9.17) is 17.3 Å². The molecular weight excluding hydrogens is 277 g/mol. The summed E-state index contributed by atoms with van der Waals surface area (Å²) in [6, 6.07) is 4.43. The Balaban J connectivity index is 1.88. The molecule has 0 bridgehead atoms. The fraction of sp³-hybridized carbons (Fsp3) is 0.333. The maximum atomic E-state index is 13.0. The number of aryl methyl sites for hydroxylation is 1. The summed E-state index contributed by atoms with van der Waals surface area (Å²) in [7, 11) is 0. The number of nitrogens with two attached hydrogens (primary N) is 1. The molecule has 104 valence electrons. The maximum absolute atomic E-state index is 13.0. The molecule has 1 aliphatic carbocycles. The van der Waals surface area contributed by atoms with Crippen LogP contribution in [0, 0.1) is 5.82 Å². The number of benzene rings is 1. The average Bonchev–Trinajstić information content (AvgIpc) is 2.42. The lowest BCUT2D eigenvalue weighted by atomic mass is 9.93. The molecule has 20 heavy (non-hydrogen) atoms. The summed E-state index contributed by atoms with van der Waals surface area (Å²) in [6.45, 7) is 0. The van der Waals surface area contributed by atoms with Gasteiger partial charge in [0, 0.05) is 34.9 Å². The van der Waals surface area contributed by atoms with Crippen LogP contribution in [-0.2, 0) is 12.8 Å². The minimum Gasteiger partial charge on any atom is -0.324 e. The van der Waals surface area contributed by atoms with Gasteiger partial charge in [0.15, 0.2) is 0 Å². The number of aromatic nitrogens is 2. The Labute approximate surface area is 122 Å². The van der Waals surface area contributed by atoms with Crippen molar-refractivity contribution in [3.63, 3.8) is 0 Å². The van der Waals surface area contributed by atoms with Gasteiger partial charge in [0.1, 0.15) is 11.6 Å². The van der Waals surface area contributed by atoms with Crippen LogP contribution in [-0.4, -0.2) is 9.97 Å². The van der Waals surface area contributed by atoms with Gasteiger partial charge < -0.3 is 5.73 Å². The lowest BCUT2D eigenvalue weighted by molar-refractivity contribution is 0.553. The van der Waals surface area contributed by atoms with Gasteiger partial charge in [-0.25, -0.2) is 14.4 Å². The van der Waals surface area contributed by atoms with Gasteiger partial charge >= 0.3 is 0 Å². The highest BCUT2D eigenvalue weighted by Crippen LogP contribution is 2.26. The van der Waals surface area contributed by atoms with Crippen molar-refractivity contribution >= 4 is 11.6 Å². The van der Waals surface area contributed by atoms with E-state index in [1.165, 1.54) is 12.1 Å². The largest absolute Gasteiger partial charge is 0.324 e. The van der Waals surface area contributed by atoms with E-state index in [0.29, 0.717) is 17.3 Å².